The standard InChI is InChI=1S/C30H32ClN3O/c1-33-14-16-34(17-15-33)13-12-32-30(35)24-10-8-22(9-11-24)18-23-19-25-5-3-7-28(29(25)20-23)26-4-2-6-27(31)21-26/h2-11,19-21,25H,12-18H2,1H3,(H,32,35). The quantitative estimate of drug-likeness (QED) is 0.599. The zero-order valence-electron chi connectivity index (χ0n) is 20.2. The van der Waals surface area contributed by atoms with E-state index < -0.39 is 0 Å². The van der Waals surface area contributed by atoms with Crippen molar-refractivity contribution in [2.24, 2.45) is 5.92 Å². The molecule has 0 saturated carbocycles. The first-order valence-electron chi connectivity index (χ1n) is 12.4. The molecule has 4 nitrogen and oxygen atoms in total. The highest BCUT2D eigenvalue weighted by molar-refractivity contribution is 6.30. The van der Waals surface area contributed by atoms with Gasteiger partial charge >= 0.3 is 0 Å². The Morgan fingerprint density at radius 2 is 1.89 bits per heavy atom. The van der Waals surface area contributed by atoms with E-state index in [9.17, 15) is 4.79 Å². The van der Waals surface area contributed by atoms with Crippen LogP contribution >= 0.6 is 11.6 Å². The maximum Gasteiger partial charge on any atom is 0.251 e. The van der Waals surface area contributed by atoms with Crippen LogP contribution in [-0.2, 0) is 6.42 Å². The second-order valence-electron chi connectivity index (χ2n) is 9.62. The maximum absolute atomic E-state index is 12.6. The summed E-state index contributed by atoms with van der Waals surface area (Å²) < 4.78 is 0. The van der Waals surface area contributed by atoms with Crippen LogP contribution in [0.5, 0.6) is 0 Å². The first-order chi connectivity index (χ1) is 17.0. The van der Waals surface area contributed by atoms with Gasteiger partial charge in [-0.15, -0.1) is 0 Å². The summed E-state index contributed by atoms with van der Waals surface area (Å²) in [6.45, 7) is 5.92. The lowest BCUT2D eigenvalue weighted by atomic mass is 9.87. The molecule has 0 spiro atoms. The maximum atomic E-state index is 12.6. The van der Waals surface area contributed by atoms with Crippen LogP contribution in [0.1, 0.15) is 21.5 Å². The van der Waals surface area contributed by atoms with Gasteiger partial charge in [0.25, 0.3) is 5.91 Å². The molecule has 180 valence electrons. The van der Waals surface area contributed by atoms with Crippen molar-refractivity contribution < 1.29 is 4.79 Å². The molecule has 0 aromatic heterocycles. The highest BCUT2D eigenvalue weighted by Crippen LogP contribution is 2.39. The summed E-state index contributed by atoms with van der Waals surface area (Å²) in [7, 11) is 2.16. The van der Waals surface area contributed by atoms with Crippen molar-refractivity contribution in [3.63, 3.8) is 0 Å². The van der Waals surface area contributed by atoms with Crippen molar-refractivity contribution in [2.45, 2.75) is 6.42 Å². The number of allylic oxidation sites excluding steroid dienone is 8. The van der Waals surface area contributed by atoms with Crippen LogP contribution in [0.25, 0.3) is 5.57 Å². The van der Waals surface area contributed by atoms with Crippen molar-refractivity contribution in [3.05, 3.63) is 112 Å². The van der Waals surface area contributed by atoms with E-state index in [-0.39, 0.29) is 5.91 Å². The summed E-state index contributed by atoms with van der Waals surface area (Å²) in [5.41, 5.74) is 6.92. The molecule has 1 fully saturated rings. The van der Waals surface area contributed by atoms with Crippen LogP contribution in [0.3, 0.4) is 0 Å². The van der Waals surface area contributed by atoms with E-state index >= 15 is 0 Å². The molecular weight excluding hydrogens is 454 g/mol. The third kappa shape index (κ3) is 5.84. The molecule has 5 heteroatoms. The molecule has 5 rings (SSSR count). The number of nitrogens with zero attached hydrogens (tertiary/aromatic N) is 2. The third-order valence-electron chi connectivity index (χ3n) is 7.06. The molecule has 2 aromatic carbocycles. The van der Waals surface area contributed by atoms with E-state index in [2.05, 4.69) is 70.7 Å². The summed E-state index contributed by atoms with van der Waals surface area (Å²) in [4.78, 5) is 17.3. The molecule has 1 N–H and O–H groups in total. The van der Waals surface area contributed by atoms with Gasteiger partial charge in [-0.2, -0.15) is 0 Å². The first-order valence-corrected chi connectivity index (χ1v) is 12.8. The van der Waals surface area contributed by atoms with Crippen molar-refractivity contribution in [1.82, 2.24) is 15.1 Å². The number of carbonyl (C=O) groups is 1. The number of halogens is 1. The van der Waals surface area contributed by atoms with Gasteiger partial charge < -0.3 is 10.2 Å². The van der Waals surface area contributed by atoms with Crippen molar-refractivity contribution >= 4 is 23.1 Å². The zero-order valence-corrected chi connectivity index (χ0v) is 21.0. The Morgan fingerprint density at radius 3 is 2.66 bits per heavy atom. The topological polar surface area (TPSA) is 35.6 Å². The van der Waals surface area contributed by atoms with Crippen LogP contribution in [0.2, 0.25) is 5.02 Å². The van der Waals surface area contributed by atoms with Gasteiger partial charge in [0.05, 0.1) is 0 Å². The highest BCUT2D eigenvalue weighted by Gasteiger charge is 2.23. The molecule has 3 aliphatic rings. The molecule has 2 aromatic rings. The van der Waals surface area contributed by atoms with E-state index in [4.69, 9.17) is 11.6 Å². The molecular formula is C30H32ClN3O. The van der Waals surface area contributed by atoms with Crippen LogP contribution < -0.4 is 5.32 Å². The summed E-state index contributed by atoms with van der Waals surface area (Å²) in [5, 5.41) is 3.82. The van der Waals surface area contributed by atoms with Gasteiger partial charge in [-0.05, 0) is 65.6 Å². The minimum Gasteiger partial charge on any atom is -0.351 e. The van der Waals surface area contributed by atoms with E-state index in [0.29, 0.717) is 18.0 Å². The van der Waals surface area contributed by atoms with Crippen molar-refractivity contribution in [3.8, 4) is 0 Å². The van der Waals surface area contributed by atoms with Crippen molar-refractivity contribution in [1.29, 1.82) is 0 Å². The van der Waals surface area contributed by atoms with Gasteiger partial charge in [0.15, 0.2) is 0 Å². The molecule has 1 unspecified atom stereocenters. The lowest BCUT2D eigenvalue weighted by molar-refractivity contribution is 0.0941. The number of likely N-dealkylation sites (N-methyl/N-ethyl adjacent to an activating group) is 1. The lowest BCUT2D eigenvalue weighted by Crippen LogP contribution is -2.46. The Bertz CT molecular complexity index is 1200. The Morgan fingerprint density at radius 1 is 1.09 bits per heavy atom. The van der Waals surface area contributed by atoms with E-state index in [1.807, 2.05) is 30.3 Å². The van der Waals surface area contributed by atoms with Crippen LogP contribution in [0, 0.1) is 5.92 Å². The van der Waals surface area contributed by atoms with E-state index in [1.54, 1.807) is 0 Å². The summed E-state index contributed by atoms with van der Waals surface area (Å²) in [5.74, 6) is 0.301. The SMILES string of the molecule is CN1CCN(CCNC(=O)c2ccc(CC3=CC4C=CC=C(c5cccc(Cl)c5)C4=C3)cc2)CC1. The lowest BCUT2D eigenvalue weighted by Gasteiger charge is -2.32. The van der Waals surface area contributed by atoms with Gasteiger partial charge in [0, 0.05) is 55.8 Å². The summed E-state index contributed by atoms with van der Waals surface area (Å²) in [6, 6.07) is 16.1. The Balaban J connectivity index is 1.17. The summed E-state index contributed by atoms with van der Waals surface area (Å²) >= 11 is 6.24. The molecule has 35 heavy (non-hydrogen) atoms. The Kier molecular flexibility index (Phi) is 7.33. The molecule has 1 atom stereocenters. The number of benzene rings is 2. The monoisotopic (exact) mass is 485 g/mol. The van der Waals surface area contributed by atoms with Gasteiger partial charge in [0.2, 0.25) is 0 Å². The zero-order chi connectivity index (χ0) is 24.2. The third-order valence-corrected chi connectivity index (χ3v) is 7.29. The first kappa shape index (κ1) is 23.8. The molecule has 1 heterocycles. The summed E-state index contributed by atoms with van der Waals surface area (Å²) in [6.07, 6.45) is 12.0. The average Bonchev–Trinajstić information content (AvgIpc) is 3.28. The predicted octanol–water partition coefficient (Wildman–Crippen LogP) is 5.00. The number of amides is 1. The molecule has 1 aliphatic heterocycles. The van der Waals surface area contributed by atoms with Crippen LogP contribution in [-0.4, -0.2) is 62.0 Å². The normalized spacial score (nSPS) is 20.2. The fourth-order valence-corrected chi connectivity index (χ4v) is 5.18. The second kappa shape index (κ2) is 10.8. The van der Waals surface area contributed by atoms with Gasteiger partial charge in [-0.25, -0.2) is 0 Å². The van der Waals surface area contributed by atoms with E-state index in [0.717, 1.165) is 49.7 Å². The second-order valence-corrected chi connectivity index (χ2v) is 10.1. The van der Waals surface area contributed by atoms with Crippen LogP contribution in [0.15, 0.2) is 90.1 Å². The molecule has 2 aliphatic carbocycles. The van der Waals surface area contributed by atoms with Gasteiger partial charge in [0.1, 0.15) is 0 Å². The van der Waals surface area contributed by atoms with Crippen molar-refractivity contribution in [2.75, 3.05) is 46.3 Å². The minimum atomic E-state index is 0.000310. The number of nitrogens with one attached hydrogen (secondary N) is 1. The van der Waals surface area contributed by atoms with Crippen LogP contribution in [0.4, 0.5) is 0 Å². The molecule has 1 amide bonds. The fraction of sp³-hybridized carbons (Fsp3) is 0.300. The average molecular weight is 486 g/mol. The smallest absolute Gasteiger partial charge is 0.251 e. The number of hydrogen-bond acceptors (Lipinski definition) is 3. The molecule has 0 radical (unpaired) electrons. The number of rotatable bonds is 7. The molecule has 0 bridgehead atoms. The van der Waals surface area contributed by atoms with E-state index in [1.165, 1.54) is 22.3 Å². The number of carbonyl (C=O) groups excluding carboxylic acids is 1. The largest absolute Gasteiger partial charge is 0.351 e. The Hall–Kier alpha value is -2.92. The molecule has 1 saturated heterocycles. The number of piperazine rings is 1. The Labute approximate surface area is 213 Å². The predicted molar refractivity (Wildman–Crippen MR) is 145 cm³/mol. The fourth-order valence-electron chi connectivity index (χ4n) is 4.99. The number of hydrogen-bond donors (Lipinski definition) is 1. The minimum absolute atomic E-state index is 0.000310. The van der Waals surface area contributed by atoms with Gasteiger partial charge in [-0.1, -0.05) is 66.2 Å². The highest BCUT2D eigenvalue weighted by atomic mass is 35.5. The number of fused-ring (bicyclic) bond motifs is 1. The van der Waals surface area contributed by atoms with Gasteiger partial charge in [-0.3, -0.25) is 9.69 Å².